The van der Waals surface area contributed by atoms with Crippen LogP contribution in [0.3, 0.4) is 0 Å². The van der Waals surface area contributed by atoms with E-state index in [4.69, 9.17) is 4.98 Å². The monoisotopic (exact) mass is 615 g/mol. The van der Waals surface area contributed by atoms with Gasteiger partial charge in [-0.2, -0.15) is 17.0 Å². The zero-order valence-electron chi connectivity index (χ0n) is 20.8. The average Bonchev–Trinajstić information content (AvgIpc) is 2.81. The molecule has 10 heteroatoms. The second-order valence-corrected chi connectivity index (χ2v) is 12.1. The molecule has 1 fully saturated rings. The summed E-state index contributed by atoms with van der Waals surface area (Å²) >= 11 is 1.80. The van der Waals surface area contributed by atoms with Crippen molar-refractivity contribution in [3.05, 3.63) is 40.7 Å². The summed E-state index contributed by atoms with van der Waals surface area (Å²) in [4.78, 5) is 8.65. The topological polar surface area (TPSA) is 59.8 Å². The molecule has 1 aromatic carbocycles. The Hall–Kier alpha value is -1.34. The molecule has 2 heterocycles. The summed E-state index contributed by atoms with van der Waals surface area (Å²) in [6, 6.07) is 8.95. The van der Waals surface area contributed by atoms with Crippen molar-refractivity contribution >= 4 is 37.5 Å². The number of nitrogens with zero attached hydrogens (tertiary/aromatic N) is 5. The number of aryl methyl sites for hydroxylation is 2. The minimum Gasteiger partial charge on any atom is -1.00 e. The molecule has 0 unspecified atom stereocenters. The molecule has 0 radical (unpaired) electrons. The van der Waals surface area contributed by atoms with Crippen LogP contribution < -0.4 is 38.8 Å². The van der Waals surface area contributed by atoms with Crippen molar-refractivity contribution in [2.24, 2.45) is 0 Å². The van der Waals surface area contributed by atoms with Crippen LogP contribution >= 0.6 is 11.3 Å². The smallest absolute Gasteiger partial charge is 0.281 e. The van der Waals surface area contributed by atoms with Gasteiger partial charge in [0.15, 0.2) is 0 Å². The van der Waals surface area contributed by atoms with Crippen molar-refractivity contribution in [1.29, 1.82) is 0 Å². The molecule has 0 N–H and O–H groups in total. The van der Waals surface area contributed by atoms with E-state index in [1.807, 2.05) is 0 Å². The average molecular weight is 616 g/mol. The Morgan fingerprint density at radius 1 is 1.00 bits per heavy atom. The molecule has 2 aliphatic heterocycles. The summed E-state index contributed by atoms with van der Waals surface area (Å²) in [7, 11) is 3.95. The van der Waals surface area contributed by atoms with Crippen LogP contribution in [0, 0.1) is 0 Å². The highest BCUT2D eigenvalue weighted by molar-refractivity contribution is 7.86. The van der Waals surface area contributed by atoms with Crippen LogP contribution in [0.1, 0.15) is 25.0 Å². The lowest BCUT2D eigenvalue weighted by atomic mass is 10.1. The van der Waals surface area contributed by atoms with E-state index in [9.17, 15) is 8.42 Å². The Labute approximate surface area is 224 Å². The Morgan fingerprint density at radius 3 is 2.21 bits per heavy atom. The van der Waals surface area contributed by atoms with Gasteiger partial charge in [0.1, 0.15) is 14.1 Å². The predicted molar refractivity (Wildman–Crippen MR) is 139 cm³/mol. The summed E-state index contributed by atoms with van der Waals surface area (Å²) in [6.07, 6.45) is 1.85. The molecule has 3 aliphatic rings. The van der Waals surface area contributed by atoms with E-state index in [1.165, 1.54) is 30.4 Å². The highest BCUT2D eigenvalue weighted by Crippen LogP contribution is 2.36. The van der Waals surface area contributed by atoms with Crippen molar-refractivity contribution in [2.75, 3.05) is 59.3 Å². The highest BCUT2D eigenvalue weighted by Gasteiger charge is 2.29. The molecular weight excluding hydrogens is 581 g/mol. The number of aromatic nitrogens is 1. The Bertz CT molecular complexity index is 1330. The van der Waals surface area contributed by atoms with Gasteiger partial charge in [0.05, 0.1) is 20.8 Å². The van der Waals surface area contributed by atoms with E-state index < -0.39 is 10.2 Å². The first kappa shape index (κ1) is 27.3. The number of benzene rings is 2. The molecule has 186 valence electrons. The number of fused-ring (bicyclic) bond motifs is 2. The number of hydrogen-bond donors (Lipinski definition) is 0. The van der Waals surface area contributed by atoms with E-state index in [0.717, 1.165) is 29.7 Å². The van der Waals surface area contributed by atoms with Gasteiger partial charge in [0.25, 0.3) is 10.2 Å². The fourth-order valence-corrected chi connectivity index (χ4v) is 6.56. The van der Waals surface area contributed by atoms with Gasteiger partial charge >= 0.3 is 0 Å². The lowest BCUT2D eigenvalue weighted by Crippen LogP contribution is -3.00. The van der Waals surface area contributed by atoms with Crippen LogP contribution in [-0.2, 0) is 23.1 Å². The van der Waals surface area contributed by atoms with Gasteiger partial charge < -0.3 is 28.9 Å². The third kappa shape index (κ3) is 5.11. The number of halogens is 1. The summed E-state index contributed by atoms with van der Waals surface area (Å²) in [6.45, 7) is 6.70. The van der Waals surface area contributed by atoms with Crippen LogP contribution in [0.2, 0.25) is 0 Å². The minimum atomic E-state index is -3.37. The van der Waals surface area contributed by atoms with Gasteiger partial charge in [-0.05, 0) is 36.1 Å². The van der Waals surface area contributed by atoms with E-state index in [2.05, 4.69) is 61.7 Å². The molecule has 0 bridgehead atoms. The quantitative estimate of drug-likeness (QED) is 0.221. The van der Waals surface area contributed by atoms with Crippen molar-refractivity contribution in [1.82, 2.24) is 18.2 Å². The molecule has 0 saturated carbocycles. The Balaban J connectivity index is 0.00000324. The molecule has 0 amide bonds. The molecule has 0 spiro atoms. The largest absolute Gasteiger partial charge is 1.00 e. The summed E-state index contributed by atoms with van der Waals surface area (Å²) in [5.41, 5.74) is 5.85. The molecule has 1 saturated heterocycles. The summed E-state index contributed by atoms with van der Waals surface area (Å²) < 4.78 is 31.1. The molecule has 7 nitrogen and oxygen atoms in total. The third-order valence-corrected chi connectivity index (χ3v) is 9.39. The fraction of sp³-hybridized carbons (Fsp3) is 0.500. The SMILES string of the molecule is CCc1cc(=[N+](C)C)cc2sc3cc(N4CCN(S(=O)(=O)N(C)C)CC4)cc(CC)c3nc1-2.[I-]. The molecule has 1 aromatic rings. The van der Waals surface area contributed by atoms with Crippen molar-refractivity contribution in [2.45, 2.75) is 26.7 Å². The molecule has 34 heavy (non-hydrogen) atoms. The van der Waals surface area contributed by atoms with Gasteiger partial charge in [0, 0.05) is 58.1 Å². The van der Waals surface area contributed by atoms with E-state index in [0.29, 0.717) is 26.2 Å². The van der Waals surface area contributed by atoms with Crippen LogP contribution in [-0.4, -0.2) is 76.4 Å². The number of piperazine rings is 1. The standard InChI is InChI=1S/C24H34N5O2S2.HI/c1-7-17-13-19(26(3)4)15-21-23(17)25-24-18(8-2)14-20(16-22(24)32-21)28-9-11-29(12-10-28)33(30,31)27(5)6;/h13-16H,7-12H2,1-6H3;1H/q+1;/p-1. The second-order valence-electron chi connectivity index (χ2n) is 8.89. The Kier molecular flexibility index (Phi) is 8.60. The zero-order chi connectivity index (χ0) is 23.9. The van der Waals surface area contributed by atoms with Gasteiger partial charge in [-0.25, -0.2) is 9.56 Å². The minimum absolute atomic E-state index is 0. The molecule has 1 aliphatic carbocycles. The number of hydrogen-bond acceptors (Lipinski definition) is 5. The molecule has 4 rings (SSSR count). The van der Waals surface area contributed by atoms with Gasteiger partial charge in [-0.1, -0.05) is 13.8 Å². The molecule has 0 atom stereocenters. The van der Waals surface area contributed by atoms with E-state index in [-0.39, 0.29) is 24.0 Å². The maximum absolute atomic E-state index is 12.5. The molecular formula is C24H34IN5O2S2. The lowest BCUT2D eigenvalue weighted by Gasteiger charge is -2.36. The zero-order valence-corrected chi connectivity index (χ0v) is 24.6. The van der Waals surface area contributed by atoms with E-state index >= 15 is 0 Å². The predicted octanol–water partition coefficient (Wildman–Crippen LogP) is -0.510. The van der Waals surface area contributed by atoms with Gasteiger partial charge in [0.2, 0.25) is 5.36 Å². The van der Waals surface area contributed by atoms with Crippen molar-refractivity contribution < 1.29 is 32.4 Å². The van der Waals surface area contributed by atoms with Gasteiger partial charge in [-0.3, -0.25) is 0 Å². The maximum atomic E-state index is 12.5. The highest BCUT2D eigenvalue weighted by atomic mass is 127. The summed E-state index contributed by atoms with van der Waals surface area (Å²) in [5, 5.41) is 1.20. The van der Waals surface area contributed by atoms with Crippen LogP contribution in [0.4, 0.5) is 5.69 Å². The van der Waals surface area contributed by atoms with Crippen LogP contribution in [0.15, 0.2) is 24.3 Å². The first-order valence-corrected chi connectivity index (χ1v) is 13.7. The number of rotatable bonds is 5. The fourth-order valence-electron chi connectivity index (χ4n) is 4.33. The first-order chi connectivity index (χ1) is 15.6. The van der Waals surface area contributed by atoms with Crippen LogP contribution in [0.5, 0.6) is 0 Å². The summed E-state index contributed by atoms with van der Waals surface area (Å²) in [5.74, 6) is 0. The Morgan fingerprint density at radius 2 is 1.65 bits per heavy atom. The van der Waals surface area contributed by atoms with Crippen LogP contribution in [0.25, 0.3) is 20.8 Å². The lowest BCUT2D eigenvalue weighted by molar-refractivity contribution is -0.00000946. The van der Waals surface area contributed by atoms with E-state index in [1.54, 1.807) is 29.7 Å². The molecule has 0 aromatic heterocycles. The number of anilines is 1. The normalized spacial score (nSPS) is 15.2. The third-order valence-electron chi connectivity index (χ3n) is 6.39. The first-order valence-electron chi connectivity index (χ1n) is 11.5. The second kappa shape index (κ2) is 10.7. The maximum Gasteiger partial charge on any atom is 0.281 e. The van der Waals surface area contributed by atoms with Gasteiger partial charge in [-0.15, -0.1) is 11.3 Å². The van der Waals surface area contributed by atoms with Crippen molar-refractivity contribution in [3.63, 3.8) is 0 Å². The van der Waals surface area contributed by atoms with Crippen molar-refractivity contribution in [3.8, 4) is 10.6 Å².